The number of nitrogens with zero attached hydrogens (tertiary/aromatic N) is 2. The highest BCUT2D eigenvalue weighted by molar-refractivity contribution is 6.06. The highest BCUT2D eigenvalue weighted by Gasteiger charge is 2.73. The van der Waals surface area contributed by atoms with Gasteiger partial charge in [-0.25, -0.2) is 9.59 Å². The average molecular weight is 258 g/mol. The molecule has 2 fully saturated rings. The predicted molar refractivity (Wildman–Crippen MR) is 57.1 cm³/mol. The lowest BCUT2D eigenvalue weighted by atomic mass is 10.0. The zero-order chi connectivity index (χ0) is 13.7. The summed E-state index contributed by atoms with van der Waals surface area (Å²) in [5.41, 5.74) is -1.78. The Labute approximate surface area is 103 Å². The Kier molecular flexibility index (Phi) is 2.49. The van der Waals surface area contributed by atoms with Crippen molar-refractivity contribution >= 4 is 18.0 Å². The molecule has 0 radical (unpaired) electrons. The van der Waals surface area contributed by atoms with Crippen molar-refractivity contribution in [1.29, 1.82) is 0 Å². The van der Waals surface area contributed by atoms with Crippen LogP contribution in [0.2, 0.25) is 0 Å². The van der Waals surface area contributed by atoms with Crippen molar-refractivity contribution in [2.45, 2.75) is 11.6 Å². The topological polar surface area (TPSA) is 100 Å². The molecule has 9 heteroatoms. The number of methoxy groups -OCH3 is 2. The molecule has 0 spiro atoms. The van der Waals surface area contributed by atoms with Gasteiger partial charge in [0.25, 0.3) is 17.5 Å². The van der Waals surface area contributed by atoms with Crippen molar-refractivity contribution in [3.63, 3.8) is 0 Å². The van der Waals surface area contributed by atoms with E-state index in [2.05, 4.69) is 10.6 Å². The summed E-state index contributed by atoms with van der Waals surface area (Å²) < 4.78 is 10.4. The van der Waals surface area contributed by atoms with Crippen LogP contribution in [0.15, 0.2) is 0 Å². The van der Waals surface area contributed by atoms with E-state index in [0.717, 1.165) is 9.80 Å². The molecule has 2 rings (SSSR count). The van der Waals surface area contributed by atoms with Crippen LogP contribution in [-0.2, 0) is 14.3 Å². The van der Waals surface area contributed by atoms with E-state index in [9.17, 15) is 14.4 Å². The van der Waals surface area contributed by atoms with Gasteiger partial charge in [0.2, 0.25) is 0 Å². The van der Waals surface area contributed by atoms with Crippen molar-refractivity contribution in [3.8, 4) is 0 Å². The molecule has 2 saturated heterocycles. The monoisotopic (exact) mass is 258 g/mol. The highest BCUT2D eigenvalue weighted by Crippen LogP contribution is 2.37. The third kappa shape index (κ3) is 1.10. The van der Waals surface area contributed by atoms with Crippen LogP contribution in [0.5, 0.6) is 0 Å². The van der Waals surface area contributed by atoms with Gasteiger partial charge in [0, 0.05) is 28.3 Å². The van der Waals surface area contributed by atoms with E-state index in [1.54, 1.807) is 0 Å². The average Bonchev–Trinajstić information content (AvgIpc) is 2.57. The molecule has 2 atom stereocenters. The van der Waals surface area contributed by atoms with E-state index >= 15 is 0 Å². The van der Waals surface area contributed by atoms with Gasteiger partial charge in [0.1, 0.15) is 0 Å². The fourth-order valence-electron chi connectivity index (χ4n) is 2.27. The quantitative estimate of drug-likeness (QED) is 0.625. The number of imide groups is 1. The van der Waals surface area contributed by atoms with Crippen LogP contribution in [0, 0.1) is 0 Å². The van der Waals surface area contributed by atoms with Crippen LogP contribution in [-0.4, -0.2) is 67.7 Å². The number of nitrogens with one attached hydrogen (secondary N) is 2. The number of hydrogen-bond donors (Lipinski definition) is 2. The molecule has 0 aromatic rings. The van der Waals surface area contributed by atoms with E-state index in [4.69, 9.17) is 9.47 Å². The van der Waals surface area contributed by atoms with E-state index in [-0.39, 0.29) is 0 Å². The number of rotatable bonds is 2. The molecule has 5 amide bonds. The summed E-state index contributed by atoms with van der Waals surface area (Å²) in [7, 11) is 5.18. The molecule has 2 N–H and O–H groups in total. The summed E-state index contributed by atoms with van der Waals surface area (Å²) in [6.45, 7) is 0. The second-order valence-corrected chi connectivity index (χ2v) is 4.02. The molecule has 0 aliphatic carbocycles. The Morgan fingerprint density at radius 2 is 1.56 bits per heavy atom. The summed E-state index contributed by atoms with van der Waals surface area (Å²) in [5, 5.41) is 4.82. The van der Waals surface area contributed by atoms with Crippen LogP contribution < -0.4 is 10.6 Å². The number of carbonyl (C=O) groups is 3. The number of urea groups is 2. The Morgan fingerprint density at radius 1 is 1.00 bits per heavy atom. The first-order valence-corrected chi connectivity index (χ1v) is 5.13. The summed E-state index contributed by atoms with van der Waals surface area (Å²) in [6, 6.07) is -1.28. The van der Waals surface area contributed by atoms with Gasteiger partial charge in [-0.15, -0.1) is 0 Å². The molecule has 0 aromatic heterocycles. The molecule has 0 saturated carbocycles. The Hall–Kier alpha value is -1.87. The molecule has 100 valence electrons. The summed E-state index contributed by atoms with van der Waals surface area (Å²) in [5.74, 6) is -2.44. The number of ether oxygens (including phenoxy) is 2. The maximum Gasteiger partial charge on any atom is 0.327 e. The summed E-state index contributed by atoms with van der Waals surface area (Å²) in [6.07, 6.45) is 0. The van der Waals surface area contributed by atoms with Crippen molar-refractivity contribution in [2.75, 3.05) is 28.3 Å². The Morgan fingerprint density at radius 3 is 2.06 bits per heavy atom. The van der Waals surface area contributed by atoms with Crippen LogP contribution in [0.3, 0.4) is 0 Å². The van der Waals surface area contributed by atoms with Crippen molar-refractivity contribution in [1.82, 2.24) is 20.4 Å². The SMILES string of the molecule is COC12NC(=O)N(C)C(=O)C1(OC)N(C)C(=O)N2. The zero-order valence-electron chi connectivity index (χ0n) is 10.4. The Bertz CT molecular complexity index is 441. The van der Waals surface area contributed by atoms with E-state index in [0.29, 0.717) is 0 Å². The van der Waals surface area contributed by atoms with Crippen LogP contribution in [0.4, 0.5) is 9.59 Å². The summed E-state index contributed by atoms with van der Waals surface area (Å²) >= 11 is 0. The number of hydrogen-bond acceptors (Lipinski definition) is 5. The second-order valence-electron chi connectivity index (χ2n) is 4.02. The maximum atomic E-state index is 12.3. The molecule has 0 bridgehead atoms. The van der Waals surface area contributed by atoms with Crippen molar-refractivity contribution in [3.05, 3.63) is 0 Å². The van der Waals surface area contributed by atoms with Crippen LogP contribution >= 0.6 is 0 Å². The van der Waals surface area contributed by atoms with Crippen molar-refractivity contribution in [2.24, 2.45) is 0 Å². The lowest BCUT2D eigenvalue weighted by Gasteiger charge is -2.47. The molecule has 2 heterocycles. The number of amides is 5. The van der Waals surface area contributed by atoms with Crippen molar-refractivity contribution < 1.29 is 23.9 Å². The number of fused-ring (bicyclic) bond motifs is 1. The van der Waals surface area contributed by atoms with Gasteiger partial charge in [0.05, 0.1) is 0 Å². The first-order chi connectivity index (χ1) is 8.36. The second kappa shape index (κ2) is 3.56. The smallest absolute Gasteiger partial charge is 0.327 e. The van der Waals surface area contributed by atoms with Gasteiger partial charge in [0.15, 0.2) is 0 Å². The minimum atomic E-state index is -1.78. The molecule has 0 aromatic carbocycles. The maximum absolute atomic E-state index is 12.3. The van der Waals surface area contributed by atoms with Gasteiger partial charge in [-0.2, -0.15) is 0 Å². The zero-order valence-corrected chi connectivity index (χ0v) is 10.4. The number of carbonyl (C=O) groups excluding carboxylic acids is 3. The van der Waals surface area contributed by atoms with Gasteiger partial charge >= 0.3 is 12.1 Å². The minimum absolute atomic E-state index is 0.595. The van der Waals surface area contributed by atoms with Gasteiger partial charge in [-0.3, -0.25) is 25.2 Å². The van der Waals surface area contributed by atoms with Gasteiger partial charge in [-0.05, 0) is 0 Å². The Balaban J connectivity index is 2.64. The first-order valence-electron chi connectivity index (χ1n) is 5.13. The van der Waals surface area contributed by atoms with Gasteiger partial charge in [-0.1, -0.05) is 0 Å². The van der Waals surface area contributed by atoms with Crippen LogP contribution in [0.25, 0.3) is 0 Å². The number of likely N-dealkylation sites (N-methyl/N-ethyl adjacent to an activating group) is 2. The van der Waals surface area contributed by atoms with Gasteiger partial charge < -0.3 is 9.47 Å². The molecule has 2 aliphatic heterocycles. The molecular weight excluding hydrogens is 244 g/mol. The van der Waals surface area contributed by atoms with E-state index in [1.165, 1.54) is 28.3 Å². The minimum Gasteiger partial charge on any atom is -0.345 e. The normalized spacial score (nSPS) is 35.4. The molecule has 2 unspecified atom stereocenters. The lowest BCUT2D eigenvalue weighted by molar-refractivity contribution is -0.238. The lowest BCUT2D eigenvalue weighted by Crippen LogP contribution is -2.81. The molecule has 18 heavy (non-hydrogen) atoms. The third-order valence-corrected chi connectivity index (χ3v) is 3.32. The fraction of sp³-hybridized carbons (Fsp3) is 0.667. The van der Waals surface area contributed by atoms with E-state index < -0.39 is 29.5 Å². The fourth-order valence-corrected chi connectivity index (χ4v) is 2.27. The predicted octanol–water partition coefficient (Wildman–Crippen LogP) is -1.53. The summed E-state index contributed by atoms with van der Waals surface area (Å²) in [4.78, 5) is 37.6. The standard InChI is InChI=1S/C9H14N4O5/c1-12-5(14)8(17-3)9(18-4,10-6(12)15)11-7(16)13(8)2/h1-4H3,(H,10,15)(H,11,16). The van der Waals surface area contributed by atoms with Crippen LogP contribution in [0.1, 0.15) is 0 Å². The largest absolute Gasteiger partial charge is 0.345 e. The first kappa shape index (κ1) is 12.6. The molecule has 9 nitrogen and oxygen atoms in total. The molecular formula is C9H14N4O5. The van der Waals surface area contributed by atoms with E-state index in [1.807, 2.05) is 0 Å². The molecule has 2 aliphatic rings. The highest BCUT2D eigenvalue weighted by atomic mass is 16.6. The third-order valence-electron chi connectivity index (χ3n) is 3.32.